The Morgan fingerprint density at radius 1 is 0.933 bits per heavy atom. The molecule has 4 rings (SSSR count). The topological polar surface area (TPSA) is 57.6 Å². The summed E-state index contributed by atoms with van der Waals surface area (Å²) in [6.07, 6.45) is 0. The van der Waals surface area contributed by atoms with Gasteiger partial charge in [-0.05, 0) is 73.5 Å². The summed E-state index contributed by atoms with van der Waals surface area (Å²) in [6, 6.07) is 14.5. The number of rotatable bonds is 3. The molecule has 2 aromatic carbocycles. The second kappa shape index (κ2) is 7.58. The van der Waals surface area contributed by atoms with E-state index in [2.05, 4.69) is 0 Å². The number of benzene rings is 2. The minimum absolute atomic E-state index is 0.131. The Balaban J connectivity index is 1.96. The summed E-state index contributed by atoms with van der Waals surface area (Å²) in [7, 11) is 0. The van der Waals surface area contributed by atoms with Gasteiger partial charge in [-0.2, -0.15) is 0 Å². The lowest BCUT2D eigenvalue weighted by atomic mass is 9.97. The van der Waals surface area contributed by atoms with Gasteiger partial charge in [0.15, 0.2) is 0 Å². The Kier molecular flexibility index (Phi) is 5.08. The lowest BCUT2D eigenvalue weighted by molar-refractivity contribution is -0.132. The minimum Gasteiger partial charge on any atom is -0.507 e. The maximum atomic E-state index is 13.2. The Hall–Kier alpha value is -3.18. The molecule has 1 atom stereocenters. The van der Waals surface area contributed by atoms with Crippen LogP contribution in [0.25, 0.3) is 5.76 Å². The molecule has 1 saturated heterocycles. The maximum Gasteiger partial charge on any atom is 0.300 e. The van der Waals surface area contributed by atoms with E-state index < -0.39 is 17.7 Å². The van der Waals surface area contributed by atoms with Crippen LogP contribution in [0.4, 0.5) is 5.69 Å². The van der Waals surface area contributed by atoms with Crippen molar-refractivity contribution in [3.05, 3.63) is 92.2 Å². The molecule has 1 aromatic heterocycles. The highest BCUT2D eigenvalue weighted by molar-refractivity contribution is 7.10. The molecule has 0 saturated carbocycles. The monoisotopic (exact) mass is 417 g/mol. The molecule has 1 N–H and O–H groups in total. The van der Waals surface area contributed by atoms with E-state index in [1.54, 1.807) is 6.07 Å². The molecular weight excluding hydrogens is 394 g/mol. The van der Waals surface area contributed by atoms with Crippen LogP contribution in [-0.2, 0) is 9.59 Å². The molecule has 1 aliphatic rings. The molecule has 30 heavy (non-hydrogen) atoms. The largest absolute Gasteiger partial charge is 0.507 e. The van der Waals surface area contributed by atoms with Gasteiger partial charge in [0.1, 0.15) is 11.8 Å². The first-order valence-electron chi connectivity index (χ1n) is 9.79. The van der Waals surface area contributed by atoms with E-state index in [9.17, 15) is 14.7 Å². The summed E-state index contributed by atoms with van der Waals surface area (Å²) in [4.78, 5) is 28.7. The highest BCUT2D eigenvalue weighted by Gasteiger charge is 2.47. The maximum absolute atomic E-state index is 13.2. The molecule has 1 amide bonds. The smallest absolute Gasteiger partial charge is 0.300 e. The van der Waals surface area contributed by atoms with Crippen molar-refractivity contribution in [1.82, 2.24) is 0 Å². The zero-order valence-electron chi connectivity index (χ0n) is 17.4. The third kappa shape index (κ3) is 3.25. The highest BCUT2D eigenvalue weighted by Crippen LogP contribution is 2.44. The van der Waals surface area contributed by atoms with Crippen LogP contribution in [-0.4, -0.2) is 16.8 Å². The van der Waals surface area contributed by atoms with Crippen molar-refractivity contribution >= 4 is 34.5 Å². The van der Waals surface area contributed by atoms with Crippen molar-refractivity contribution in [3.63, 3.8) is 0 Å². The molecule has 2 heterocycles. The van der Waals surface area contributed by atoms with Gasteiger partial charge in [-0.3, -0.25) is 14.5 Å². The fraction of sp³-hybridized carbons (Fsp3) is 0.200. The van der Waals surface area contributed by atoms with Gasteiger partial charge >= 0.3 is 0 Å². The van der Waals surface area contributed by atoms with E-state index in [0.717, 1.165) is 27.1 Å². The van der Waals surface area contributed by atoms with Gasteiger partial charge in [-0.25, -0.2) is 0 Å². The fourth-order valence-electron chi connectivity index (χ4n) is 3.82. The van der Waals surface area contributed by atoms with Crippen molar-refractivity contribution in [2.24, 2.45) is 0 Å². The number of amides is 1. The third-order valence-electron chi connectivity index (χ3n) is 5.66. The van der Waals surface area contributed by atoms with Gasteiger partial charge in [0.25, 0.3) is 11.7 Å². The zero-order chi connectivity index (χ0) is 21.6. The number of hydrogen-bond acceptors (Lipinski definition) is 4. The number of carbonyl (C=O) groups excluding carboxylic acids is 2. The minimum atomic E-state index is -0.662. The molecule has 3 aromatic rings. The standard InChI is InChI=1S/C25H23NO3S/c1-14-7-8-16(3)19(12-14)26-22(20-6-5-11-30-20)21(24(28)25(26)29)23(27)18-10-9-15(2)17(4)13-18/h5-13,22,27H,1-4H3/b23-21-. The summed E-state index contributed by atoms with van der Waals surface area (Å²) in [5.41, 5.74) is 5.36. The second-order valence-electron chi connectivity index (χ2n) is 7.77. The molecule has 1 aliphatic heterocycles. The van der Waals surface area contributed by atoms with E-state index in [1.165, 1.54) is 16.2 Å². The first-order valence-corrected chi connectivity index (χ1v) is 10.7. The number of anilines is 1. The number of nitrogens with zero attached hydrogens (tertiary/aromatic N) is 1. The number of aryl methyl sites for hydroxylation is 4. The van der Waals surface area contributed by atoms with Crippen molar-refractivity contribution < 1.29 is 14.7 Å². The average molecular weight is 418 g/mol. The normalized spacial score (nSPS) is 18.3. The molecule has 5 heteroatoms. The Bertz CT molecular complexity index is 1190. The Morgan fingerprint density at radius 2 is 1.67 bits per heavy atom. The lowest BCUT2D eigenvalue weighted by Gasteiger charge is -2.26. The molecular formula is C25H23NO3S. The SMILES string of the molecule is Cc1ccc(C)c(N2C(=O)C(=O)/C(=C(\O)c3ccc(C)c(C)c3)C2c2cccs2)c1. The molecule has 0 radical (unpaired) electrons. The average Bonchev–Trinajstić information content (AvgIpc) is 3.33. The molecule has 152 valence electrons. The molecule has 4 nitrogen and oxygen atoms in total. The number of hydrogen-bond donors (Lipinski definition) is 1. The summed E-state index contributed by atoms with van der Waals surface area (Å²) in [5.74, 6) is -1.42. The van der Waals surface area contributed by atoms with Gasteiger partial charge in [-0.15, -0.1) is 11.3 Å². The highest BCUT2D eigenvalue weighted by atomic mass is 32.1. The van der Waals surface area contributed by atoms with Gasteiger partial charge in [0.05, 0.1) is 5.57 Å². The van der Waals surface area contributed by atoms with Crippen LogP contribution in [0, 0.1) is 27.7 Å². The second-order valence-corrected chi connectivity index (χ2v) is 8.75. The molecule has 0 spiro atoms. The number of aliphatic hydroxyl groups excluding tert-OH is 1. The van der Waals surface area contributed by atoms with Crippen molar-refractivity contribution in [3.8, 4) is 0 Å². The third-order valence-corrected chi connectivity index (χ3v) is 6.59. The Labute approximate surface area is 180 Å². The predicted molar refractivity (Wildman–Crippen MR) is 121 cm³/mol. The number of ketones is 1. The number of Topliss-reactive ketones (excluding diaryl/α,β-unsaturated/α-hetero) is 1. The van der Waals surface area contributed by atoms with E-state index in [0.29, 0.717) is 11.3 Å². The summed E-state index contributed by atoms with van der Waals surface area (Å²) >= 11 is 1.46. The van der Waals surface area contributed by atoms with E-state index >= 15 is 0 Å². The van der Waals surface area contributed by atoms with Gasteiger partial charge in [-0.1, -0.05) is 30.3 Å². The zero-order valence-corrected chi connectivity index (χ0v) is 18.2. The summed E-state index contributed by atoms with van der Waals surface area (Å²) < 4.78 is 0. The van der Waals surface area contributed by atoms with Crippen LogP contribution in [0.2, 0.25) is 0 Å². The first kappa shape index (κ1) is 20.1. The van der Waals surface area contributed by atoms with Gasteiger partial charge in [0, 0.05) is 16.1 Å². The number of carbonyl (C=O) groups is 2. The van der Waals surface area contributed by atoms with Crippen LogP contribution < -0.4 is 4.90 Å². The number of aliphatic hydroxyl groups is 1. The lowest BCUT2D eigenvalue weighted by Crippen LogP contribution is -2.29. The van der Waals surface area contributed by atoms with Crippen molar-refractivity contribution in [2.75, 3.05) is 4.90 Å². The van der Waals surface area contributed by atoms with Crippen LogP contribution in [0.3, 0.4) is 0 Å². The van der Waals surface area contributed by atoms with Crippen LogP contribution in [0.1, 0.15) is 38.7 Å². The van der Waals surface area contributed by atoms with Crippen molar-refractivity contribution in [1.29, 1.82) is 0 Å². The molecule has 0 aliphatic carbocycles. The molecule has 0 bridgehead atoms. The fourth-order valence-corrected chi connectivity index (χ4v) is 4.64. The van der Waals surface area contributed by atoms with Crippen LogP contribution in [0.15, 0.2) is 59.5 Å². The number of thiophene rings is 1. The predicted octanol–water partition coefficient (Wildman–Crippen LogP) is 5.61. The quantitative estimate of drug-likeness (QED) is 0.342. The summed E-state index contributed by atoms with van der Waals surface area (Å²) in [5, 5.41) is 13.1. The van der Waals surface area contributed by atoms with E-state index in [-0.39, 0.29) is 11.3 Å². The molecule has 1 unspecified atom stereocenters. The first-order chi connectivity index (χ1) is 14.3. The molecule has 1 fully saturated rings. The van der Waals surface area contributed by atoms with Crippen LogP contribution in [0.5, 0.6) is 0 Å². The van der Waals surface area contributed by atoms with Crippen LogP contribution >= 0.6 is 11.3 Å². The van der Waals surface area contributed by atoms with Crippen molar-refractivity contribution in [2.45, 2.75) is 33.7 Å². The summed E-state index contributed by atoms with van der Waals surface area (Å²) in [6.45, 7) is 7.82. The van der Waals surface area contributed by atoms with E-state index in [4.69, 9.17) is 0 Å². The van der Waals surface area contributed by atoms with Gasteiger partial charge in [0.2, 0.25) is 0 Å². The van der Waals surface area contributed by atoms with Gasteiger partial charge < -0.3 is 5.11 Å². The van der Waals surface area contributed by atoms with E-state index in [1.807, 2.05) is 75.5 Å². The Morgan fingerprint density at radius 3 is 2.33 bits per heavy atom.